The highest BCUT2D eigenvalue weighted by Gasteiger charge is 2.19. The lowest BCUT2D eigenvalue weighted by Gasteiger charge is -2.17. The van der Waals surface area contributed by atoms with Gasteiger partial charge in [0, 0.05) is 28.8 Å². The van der Waals surface area contributed by atoms with Crippen LogP contribution in [0.4, 0.5) is 4.39 Å². The van der Waals surface area contributed by atoms with Gasteiger partial charge in [-0.2, -0.15) is 5.10 Å². The van der Waals surface area contributed by atoms with Crippen molar-refractivity contribution >= 4 is 29.0 Å². The third-order valence-corrected chi connectivity index (χ3v) is 5.14. The molecule has 0 bridgehead atoms. The van der Waals surface area contributed by atoms with Crippen molar-refractivity contribution in [1.82, 2.24) is 14.8 Å². The molecule has 2 aromatic heterocycles. The minimum absolute atomic E-state index is 0.307. The summed E-state index contributed by atoms with van der Waals surface area (Å²) in [6.07, 6.45) is 2.47. The second-order valence-electron chi connectivity index (χ2n) is 5.71. The van der Waals surface area contributed by atoms with Crippen molar-refractivity contribution < 1.29 is 9.18 Å². The topological polar surface area (TPSA) is 58.8 Å². The summed E-state index contributed by atoms with van der Waals surface area (Å²) >= 11 is 1.66. The second-order valence-corrected chi connectivity index (χ2v) is 6.85. The number of thioether (sulfide) groups is 1. The number of hydrogen-bond donors (Lipinski definition) is 1. The molecule has 0 radical (unpaired) electrons. The maximum Gasteiger partial charge on any atom is 0.290 e. The quantitative estimate of drug-likeness (QED) is 0.718. The number of nitrogens with one attached hydrogen (secondary N) is 1. The highest BCUT2D eigenvalue weighted by Crippen LogP contribution is 2.30. The van der Waals surface area contributed by atoms with E-state index in [1.165, 1.54) is 12.1 Å². The fourth-order valence-corrected chi connectivity index (χ4v) is 3.93. The Kier molecular flexibility index (Phi) is 4.01. The first-order valence-electron chi connectivity index (χ1n) is 7.87. The van der Waals surface area contributed by atoms with Crippen molar-refractivity contribution in [1.29, 1.82) is 0 Å². The molecule has 0 unspecified atom stereocenters. The van der Waals surface area contributed by atoms with Gasteiger partial charge in [-0.15, -0.1) is 11.8 Å². The monoisotopic (exact) mass is 354 g/mol. The summed E-state index contributed by atoms with van der Waals surface area (Å²) in [6, 6.07) is 10.2. The lowest BCUT2D eigenvalue weighted by atomic mass is 10.1. The van der Waals surface area contributed by atoms with Crippen LogP contribution in [0, 0.1) is 12.7 Å². The molecule has 126 valence electrons. The van der Waals surface area contributed by atoms with E-state index in [1.807, 2.05) is 18.2 Å². The molecule has 0 aliphatic carbocycles. The smallest absolute Gasteiger partial charge is 0.290 e. The molecule has 7 heteroatoms. The maximum absolute atomic E-state index is 13.6. The average Bonchev–Trinajstić information content (AvgIpc) is 2.95. The Morgan fingerprint density at radius 3 is 3.12 bits per heavy atom. The van der Waals surface area contributed by atoms with Crippen molar-refractivity contribution in [3.05, 3.63) is 65.4 Å². The largest absolute Gasteiger partial charge is 0.295 e. The number of nitrogens with zero attached hydrogens (tertiary/aromatic N) is 3. The lowest BCUT2D eigenvalue weighted by molar-refractivity contribution is 0.0948. The van der Waals surface area contributed by atoms with Crippen molar-refractivity contribution in [3.8, 4) is 0 Å². The molecule has 5 nitrogen and oxygen atoms in total. The first-order valence-corrected chi connectivity index (χ1v) is 8.85. The molecule has 1 N–H and O–H groups in total. The molecule has 0 saturated carbocycles. The fourth-order valence-electron chi connectivity index (χ4n) is 2.92. The third kappa shape index (κ3) is 2.91. The van der Waals surface area contributed by atoms with Gasteiger partial charge in [-0.1, -0.05) is 6.07 Å². The van der Waals surface area contributed by atoms with E-state index in [4.69, 9.17) is 0 Å². The van der Waals surface area contributed by atoms with Gasteiger partial charge in [0.05, 0.1) is 11.4 Å². The van der Waals surface area contributed by atoms with E-state index in [0.717, 1.165) is 16.2 Å². The van der Waals surface area contributed by atoms with Crippen LogP contribution in [0.1, 0.15) is 28.2 Å². The molecule has 3 aromatic rings. The summed E-state index contributed by atoms with van der Waals surface area (Å²) in [6.45, 7) is 1.79. The number of carbonyl (C=O) groups is 1. The molecule has 25 heavy (non-hydrogen) atoms. The molecule has 1 aromatic carbocycles. The van der Waals surface area contributed by atoms with Crippen LogP contribution in [-0.4, -0.2) is 26.8 Å². The zero-order chi connectivity index (χ0) is 17.4. The molecule has 0 spiro atoms. The molecule has 3 heterocycles. The van der Waals surface area contributed by atoms with Gasteiger partial charge < -0.3 is 0 Å². The van der Waals surface area contributed by atoms with E-state index >= 15 is 0 Å². The number of hydrazone groups is 1. The van der Waals surface area contributed by atoms with Gasteiger partial charge in [-0.3, -0.25) is 9.20 Å². The van der Waals surface area contributed by atoms with Gasteiger partial charge in [-0.25, -0.2) is 14.8 Å². The number of fused-ring (bicyclic) bond motifs is 2. The molecular weight excluding hydrogens is 339 g/mol. The molecule has 0 saturated heterocycles. The molecule has 1 amide bonds. The van der Waals surface area contributed by atoms with Crippen LogP contribution in [0.2, 0.25) is 0 Å². The number of aryl methyl sites for hydroxylation is 1. The number of pyridine rings is 1. The predicted molar refractivity (Wildman–Crippen MR) is 95.7 cm³/mol. The Balaban J connectivity index is 1.65. The third-order valence-electron chi connectivity index (χ3n) is 4.06. The van der Waals surface area contributed by atoms with Crippen LogP contribution in [0.15, 0.2) is 52.6 Å². The van der Waals surface area contributed by atoms with E-state index in [0.29, 0.717) is 29.2 Å². The Morgan fingerprint density at radius 2 is 2.24 bits per heavy atom. The first kappa shape index (κ1) is 15.8. The normalized spacial score (nSPS) is 15.4. The Bertz CT molecular complexity index is 1010. The number of amides is 1. The van der Waals surface area contributed by atoms with Crippen LogP contribution < -0.4 is 5.43 Å². The van der Waals surface area contributed by atoms with Gasteiger partial charge in [0.25, 0.3) is 5.91 Å². The second kappa shape index (κ2) is 6.33. The van der Waals surface area contributed by atoms with Gasteiger partial charge in [0.2, 0.25) is 0 Å². The number of benzene rings is 1. The van der Waals surface area contributed by atoms with Crippen LogP contribution in [0.5, 0.6) is 0 Å². The Morgan fingerprint density at radius 1 is 1.36 bits per heavy atom. The Labute approximate surface area is 148 Å². The van der Waals surface area contributed by atoms with Crippen molar-refractivity contribution in [2.75, 3.05) is 5.75 Å². The molecule has 4 rings (SSSR count). The van der Waals surface area contributed by atoms with E-state index in [9.17, 15) is 9.18 Å². The summed E-state index contributed by atoms with van der Waals surface area (Å²) in [5.41, 5.74) is 5.82. The van der Waals surface area contributed by atoms with Crippen molar-refractivity contribution in [3.63, 3.8) is 0 Å². The molecule has 0 atom stereocenters. The highest BCUT2D eigenvalue weighted by atomic mass is 32.2. The summed E-state index contributed by atoms with van der Waals surface area (Å²) in [5, 5.41) is 4.27. The number of aromatic nitrogens is 2. The number of halogens is 1. The van der Waals surface area contributed by atoms with E-state index in [-0.39, 0.29) is 11.7 Å². The zero-order valence-corrected chi connectivity index (χ0v) is 14.3. The number of carbonyl (C=O) groups excluding carboxylic acids is 1. The SMILES string of the molecule is Cc1nc2ccccn2c1C(=O)N/N=C1/CCSc2ccc(F)cc21. The van der Waals surface area contributed by atoms with Gasteiger partial charge in [-0.05, 0) is 37.3 Å². The Hall–Kier alpha value is -2.67. The summed E-state index contributed by atoms with van der Waals surface area (Å²) < 4.78 is 15.3. The number of hydrogen-bond acceptors (Lipinski definition) is 4. The molecule has 1 aliphatic rings. The van der Waals surface area contributed by atoms with Crippen LogP contribution in [0.25, 0.3) is 5.65 Å². The van der Waals surface area contributed by atoms with Gasteiger partial charge in [0.1, 0.15) is 17.2 Å². The van der Waals surface area contributed by atoms with E-state index in [2.05, 4.69) is 15.5 Å². The average molecular weight is 354 g/mol. The number of imidazole rings is 1. The van der Waals surface area contributed by atoms with Crippen LogP contribution in [0.3, 0.4) is 0 Å². The van der Waals surface area contributed by atoms with Crippen molar-refractivity contribution in [2.45, 2.75) is 18.2 Å². The van der Waals surface area contributed by atoms with Crippen molar-refractivity contribution in [2.24, 2.45) is 5.10 Å². The minimum Gasteiger partial charge on any atom is -0.295 e. The minimum atomic E-state index is -0.333. The molecule has 0 fully saturated rings. The zero-order valence-electron chi connectivity index (χ0n) is 13.5. The van der Waals surface area contributed by atoms with Crippen LogP contribution >= 0.6 is 11.8 Å². The predicted octanol–water partition coefficient (Wildman–Crippen LogP) is 3.41. The van der Waals surface area contributed by atoms with Gasteiger partial charge in [0.15, 0.2) is 0 Å². The maximum atomic E-state index is 13.6. The fraction of sp³-hybridized carbons (Fsp3) is 0.167. The van der Waals surface area contributed by atoms with E-state index < -0.39 is 0 Å². The number of rotatable bonds is 2. The summed E-state index contributed by atoms with van der Waals surface area (Å²) in [7, 11) is 0. The molecular formula is C18H15FN4OS. The van der Waals surface area contributed by atoms with Gasteiger partial charge >= 0.3 is 0 Å². The summed E-state index contributed by atoms with van der Waals surface area (Å²) in [5.74, 6) is 0.208. The molecule has 1 aliphatic heterocycles. The summed E-state index contributed by atoms with van der Waals surface area (Å²) in [4.78, 5) is 18.0. The lowest BCUT2D eigenvalue weighted by Crippen LogP contribution is -2.23. The van der Waals surface area contributed by atoms with E-state index in [1.54, 1.807) is 35.3 Å². The first-order chi connectivity index (χ1) is 12.1. The highest BCUT2D eigenvalue weighted by molar-refractivity contribution is 7.99. The standard InChI is InChI=1S/C18H15FN4OS/c1-11-17(23-8-3-2-4-16(23)20-11)18(24)22-21-14-7-9-25-15-6-5-12(19)10-13(14)15/h2-6,8,10H,7,9H2,1H3,(H,22,24)/b21-14-. The van der Waals surface area contributed by atoms with Crippen LogP contribution in [-0.2, 0) is 0 Å².